The molecule has 2 atom stereocenters. The van der Waals surface area contributed by atoms with Gasteiger partial charge in [0.2, 0.25) is 0 Å². The second kappa shape index (κ2) is 5.50. The van der Waals surface area contributed by atoms with Gasteiger partial charge in [0, 0.05) is 20.0 Å². The van der Waals surface area contributed by atoms with Crippen LogP contribution in [-0.2, 0) is 13.5 Å². The maximum Gasteiger partial charge on any atom is 0.0738 e. The van der Waals surface area contributed by atoms with Crippen molar-refractivity contribution >= 4 is 15.9 Å². The highest BCUT2D eigenvalue weighted by Crippen LogP contribution is 2.24. The van der Waals surface area contributed by atoms with Crippen LogP contribution in [0.25, 0.3) is 0 Å². The molecule has 0 spiro atoms. The van der Waals surface area contributed by atoms with Crippen molar-refractivity contribution in [2.45, 2.75) is 32.3 Å². The zero-order valence-electron chi connectivity index (χ0n) is 10.4. The maximum atomic E-state index is 10.3. The predicted molar refractivity (Wildman–Crippen MR) is 70.9 cm³/mol. The minimum atomic E-state index is -0.283. The number of piperidine rings is 1. The summed E-state index contributed by atoms with van der Waals surface area (Å²) in [6, 6.07) is 0. The van der Waals surface area contributed by atoms with E-state index < -0.39 is 0 Å². The van der Waals surface area contributed by atoms with Gasteiger partial charge < -0.3 is 10.4 Å². The third kappa shape index (κ3) is 2.89. The summed E-state index contributed by atoms with van der Waals surface area (Å²) in [5.41, 5.74) is 2.07. The van der Waals surface area contributed by atoms with E-state index in [1.807, 2.05) is 18.7 Å². The summed E-state index contributed by atoms with van der Waals surface area (Å²) in [5, 5.41) is 18.0. The molecule has 0 amide bonds. The lowest BCUT2D eigenvalue weighted by Crippen LogP contribution is -2.37. The Kier molecular flexibility index (Phi) is 4.22. The number of nitrogens with one attached hydrogen (secondary N) is 1. The van der Waals surface area contributed by atoms with E-state index in [0.717, 1.165) is 41.8 Å². The highest BCUT2D eigenvalue weighted by atomic mass is 79.9. The van der Waals surface area contributed by atoms with Crippen LogP contribution in [0.5, 0.6) is 0 Å². The standard InChI is InChI=1S/C12H20BrN3O/c1-8-12(13)10(16(2)15-8)6-11(17)9-4-3-5-14-7-9/h9,11,14,17H,3-7H2,1-2H3. The number of aryl methyl sites for hydroxylation is 2. The molecule has 4 nitrogen and oxygen atoms in total. The van der Waals surface area contributed by atoms with Gasteiger partial charge in [0.1, 0.15) is 0 Å². The van der Waals surface area contributed by atoms with E-state index >= 15 is 0 Å². The van der Waals surface area contributed by atoms with E-state index in [1.54, 1.807) is 0 Å². The van der Waals surface area contributed by atoms with E-state index in [1.165, 1.54) is 0 Å². The van der Waals surface area contributed by atoms with E-state index in [0.29, 0.717) is 12.3 Å². The molecule has 17 heavy (non-hydrogen) atoms. The SMILES string of the molecule is Cc1nn(C)c(CC(O)C2CCCNC2)c1Br. The number of rotatable bonds is 3. The quantitative estimate of drug-likeness (QED) is 0.887. The Labute approximate surface area is 111 Å². The number of halogens is 1. The Hall–Kier alpha value is -0.390. The molecule has 5 heteroatoms. The van der Waals surface area contributed by atoms with Gasteiger partial charge in [0.25, 0.3) is 0 Å². The third-order valence-corrected chi connectivity index (χ3v) is 4.57. The normalized spacial score (nSPS) is 22.7. The van der Waals surface area contributed by atoms with Gasteiger partial charge in [0.15, 0.2) is 0 Å². The molecule has 2 N–H and O–H groups in total. The van der Waals surface area contributed by atoms with Crippen LogP contribution in [0.3, 0.4) is 0 Å². The largest absolute Gasteiger partial charge is 0.392 e. The summed E-state index contributed by atoms with van der Waals surface area (Å²) < 4.78 is 2.89. The molecule has 2 unspecified atom stereocenters. The first kappa shape index (κ1) is 13.1. The van der Waals surface area contributed by atoms with Crippen molar-refractivity contribution in [1.82, 2.24) is 15.1 Å². The van der Waals surface area contributed by atoms with Gasteiger partial charge in [-0.05, 0) is 48.2 Å². The molecule has 2 heterocycles. The van der Waals surface area contributed by atoms with Gasteiger partial charge in [0.05, 0.1) is 22.0 Å². The summed E-state index contributed by atoms with van der Waals surface area (Å²) >= 11 is 3.54. The summed E-state index contributed by atoms with van der Waals surface area (Å²) in [6.07, 6.45) is 2.66. The molecule has 2 rings (SSSR count). The van der Waals surface area contributed by atoms with Crippen molar-refractivity contribution in [3.8, 4) is 0 Å². The van der Waals surface area contributed by atoms with Crippen LogP contribution in [0.1, 0.15) is 24.2 Å². The fraction of sp³-hybridized carbons (Fsp3) is 0.750. The third-order valence-electron chi connectivity index (χ3n) is 3.54. The van der Waals surface area contributed by atoms with Gasteiger partial charge in [-0.2, -0.15) is 5.10 Å². The van der Waals surface area contributed by atoms with Gasteiger partial charge >= 0.3 is 0 Å². The summed E-state index contributed by atoms with van der Waals surface area (Å²) in [7, 11) is 1.93. The second-order valence-corrected chi connectivity index (χ2v) is 5.64. The lowest BCUT2D eigenvalue weighted by molar-refractivity contribution is 0.0903. The summed E-state index contributed by atoms with van der Waals surface area (Å²) in [4.78, 5) is 0. The topological polar surface area (TPSA) is 50.1 Å². The number of aromatic nitrogens is 2. The number of nitrogens with zero attached hydrogens (tertiary/aromatic N) is 2. The second-order valence-electron chi connectivity index (χ2n) is 4.85. The average Bonchev–Trinajstić information content (AvgIpc) is 2.57. The lowest BCUT2D eigenvalue weighted by Gasteiger charge is -2.27. The van der Waals surface area contributed by atoms with Crippen LogP contribution in [0, 0.1) is 12.8 Å². The monoisotopic (exact) mass is 301 g/mol. The molecule has 1 aromatic rings. The molecule has 1 aliphatic heterocycles. The zero-order chi connectivity index (χ0) is 12.4. The van der Waals surface area contributed by atoms with Crippen molar-refractivity contribution in [1.29, 1.82) is 0 Å². The van der Waals surface area contributed by atoms with E-state index in [9.17, 15) is 5.11 Å². The Morgan fingerprint density at radius 3 is 2.94 bits per heavy atom. The van der Waals surface area contributed by atoms with Gasteiger partial charge in [-0.25, -0.2) is 0 Å². The average molecular weight is 302 g/mol. The number of hydrogen-bond acceptors (Lipinski definition) is 3. The molecular formula is C12H20BrN3O. The van der Waals surface area contributed by atoms with Crippen LogP contribution >= 0.6 is 15.9 Å². The minimum Gasteiger partial charge on any atom is -0.392 e. The molecule has 96 valence electrons. The molecule has 0 radical (unpaired) electrons. The zero-order valence-corrected chi connectivity index (χ0v) is 12.0. The number of aliphatic hydroxyl groups excluding tert-OH is 1. The van der Waals surface area contributed by atoms with Gasteiger partial charge in [-0.1, -0.05) is 0 Å². The highest BCUT2D eigenvalue weighted by Gasteiger charge is 2.24. The fourth-order valence-electron chi connectivity index (χ4n) is 2.47. The molecule has 1 aliphatic rings. The molecular weight excluding hydrogens is 282 g/mol. The van der Waals surface area contributed by atoms with E-state index in [2.05, 4.69) is 26.3 Å². The number of aliphatic hydroxyl groups is 1. The smallest absolute Gasteiger partial charge is 0.0738 e. The fourth-order valence-corrected chi connectivity index (χ4v) is 2.97. The first-order valence-corrected chi connectivity index (χ1v) is 6.95. The number of hydrogen-bond donors (Lipinski definition) is 2. The summed E-state index contributed by atoms with van der Waals surface area (Å²) in [6.45, 7) is 3.98. The van der Waals surface area contributed by atoms with Crippen LogP contribution in [-0.4, -0.2) is 34.1 Å². The highest BCUT2D eigenvalue weighted by molar-refractivity contribution is 9.10. The predicted octanol–water partition coefficient (Wildman–Crippen LogP) is 1.39. The Morgan fingerprint density at radius 1 is 1.65 bits per heavy atom. The Bertz CT molecular complexity index is 385. The van der Waals surface area contributed by atoms with Gasteiger partial charge in [-0.3, -0.25) is 4.68 Å². The van der Waals surface area contributed by atoms with Crippen LogP contribution in [0.2, 0.25) is 0 Å². The molecule has 1 fully saturated rings. The van der Waals surface area contributed by atoms with E-state index in [-0.39, 0.29) is 6.10 Å². The Balaban J connectivity index is 2.04. The van der Waals surface area contributed by atoms with Crippen LogP contribution in [0.15, 0.2) is 4.47 Å². The molecule has 0 aromatic carbocycles. The van der Waals surface area contributed by atoms with Crippen LogP contribution < -0.4 is 5.32 Å². The van der Waals surface area contributed by atoms with Crippen LogP contribution in [0.4, 0.5) is 0 Å². The van der Waals surface area contributed by atoms with Crippen molar-refractivity contribution in [2.24, 2.45) is 13.0 Å². The lowest BCUT2D eigenvalue weighted by atomic mass is 9.91. The van der Waals surface area contributed by atoms with E-state index in [4.69, 9.17) is 0 Å². The molecule has 0 saturated carbocycles. The van der Waals surface area contributed by atoms with Crippen molar-refractivity contribution in [3.63, 3.8) is 0 Å². The van der Waals surface area contributed by atoms with Crippen molar-refractivity contribution in [3.05, 3.63) is 15.9 Å². The van der Waals surface area contributed by atoms with Gasteiger partial charge in [-0.15, -0.1) is 0 Å². The Morgan fingerprint density at radius 2 is 2.41 bits per heavy atom. The molecule has 0 bridgehead atoms. The molecule has 0 aliphatic carbocycles. The first-order valence-electron chi connectivity index (χ1n) is 6.16. The van der Waals surface area contributed by atoms with Crippen molar-refractivity contribution < 1.29 is 5.11 Å². The first-order chi connectivity index (χ1) is 8.09. The summed E-state index contributed by atoms with van der Waals surface area (Å²) in [5.74, 6) is 0.367. The molecule has 1 aromatic heterocycles. The maximum absolute atomic E-state index is 10.3. The van der Waals surface area contributed by atoms with Crippen molar-refractivity contribution in [2.75, 3.05) is 13.1 Å². The minimum absolute atomic E-state index is 0.283. The molecule has 1 saturated heterocycles.